The molecule has 0 heterocycles. The number of rotatable bonds is 6. The second-order valence-corrected chi connectivity index (χ2v) is 4.37. The molecule has 3 heteroatoms. The maximum atomic E-state index is 5.87. The van der Waals surface area contributed by atoms with Crippen LogP contribution in [-0.4, -0.2) is 7.11 Å². The lowest BCUT2D eigenvalue weighted by Crippen LogP contribution is -2.04. The fraction of sp³-hybridized carbons (Fsp3) is 0.176. The molecule has 2 N–H and O–H groups in total. The summed E-state index contributed by atoms with van der Waals surface area (Å²) in [5, 5.41) is 0. The van der Waals surface area contributed by atoms with Crippen LogP contribution in [0.3, 0.4) is 0 Å². The maximum Gasteiger partial charge on any atom is 0.124 e. The van der Waals surface area contributed by atoms with Gasteiger partial charge in [-0.2, -0.15) is 0 Å². The van der Waals surface area contributed by atoms with Gasteiger partial charge in [-0.15, -0.1) is 0 Å². The van der Waals surface area contributed by atoms with Crippen molar-refractivity contribution >= 4 is 6.08 Å². The summed E-state index contributed by atoms with van der Waals surface area (Å²) in [5.41, 5.74) is 8.86. The topological polar surface area (TPSA) is 44.5 Å². The van der Waals surface area contributed by atoms with Crippen LogP contribution in [0.25, 0.3) is 6.08 Å². The van der Waals surface area contributed by atoms with E-state index in [2.05, 4.69) is 6.58 Å². The number of hydrogen-bond donors (Lipinski definition) is 1. The molecule has 104 valence electrons. The summed E-state index contributed by atoms with van der Waals surface area (Å²) >= 11 is 0. The summed E-state index contributed by atoms with van der Waals surface area (Å²) in [5.74, 6) is 1.57. The number of hydrogen-bond acceptors (Lipinski definition) is 3. The predicted octanol–water partition coefficient (Wildman–Crippen LogP) is 3.38. The summed E-state index contributed by atoms with van der Waals surface area (Å²) in [7, 11) is 1.64. The molecule has 2 aromatic carbocycles. The van der Waals surface area contributed by atoms with Crippen LogP contribution in [0.4, 0.5) is 0 Å². The van der Waals surface area contributed by atoms with Gasteiger partial charge in [0.2, 0.25) is 0 Å². The minimum absolute atomic E-state index is 0.412. The highest BCUT2D eigenvalue weighted by Gasteiger charge is 2.06. The molecular formula is C17H19NO2. The molecule has 0 aliphatic heterocycles. The minimum atomic E-state index is 0.412. The highest BCUT2D eigenvalue weighted by atomic mass is 16.5. The van der Waals surface area contributed by atoms with Gasteiger partial charge in [0, 0.05) is 12.1 Å². The third kappa shape index (κ3) is 3.19. The molecule has 0 fully saturated rings. The minimum Gasteiger partial charge on any atom is -0.497 e. The van der Waals surface area contributed by atoms with E-state index in [1.54, 1.807) is 7.11 Å². The highest BCUT2D eigenvalue weighted by molar-refractivity contribution is 5.51. The molecule has 0 saturated carbocycles. The quantitative estimate of drug-likeness (QED) is 0.874. The number of benzene rings is 2. The third-order valence-electron chi connectivity index (χ3n) is 3.15. The molecule has 0 aliphatic carbocycles. The number of methoxy groups -OCH3 is 1. The smallest absolute Gasteiger partial charge is 0.124 e. The Bertz CT molecular complexity index is 593. The zero-order valence-corrected chi connectivity index (χ0v) is 11.6. The van der Waals surface area contributed by atoms with Gasteiger partial charge in [-0.25, -0.2) is 0 Å². The Labute approximate surface area is 119 Å². The van der Waals surface area contributed by atoms with Gasteiger partial charge in [0.25, 0.3) is 0 Å². The third-order valence-corrected chi connectivity index (χ3v) is 3.15. The molecule has 3 nitrogen and oxygen atoms in total. The van der Waals surface area contributed by atoms with Gasteiger partial charge in [0.05, 0.1) is 7.11 Å². The first kappa shape index (κ1) is 14.2. The molecule has 0 saturated heterocycles. The number of ether oxygens (including phenoxy) is 2. The largest absolute Gasteiger partial charge is 0.497 e. The zero-order valence-electron chi connectivity index (χ0n) is 11.6. The van der Waals surface area contributed by atoms with E-state index in [4.69, 9.17) is 15.2 Å². The van der Waals surface area contributed by atoms with E-state index in [1.165, 1.54) is 0 Å². The standard InChI is InChI=1S/C17H19NO2/c1-3-13-6-4-5-7-14(13)12-20-17-9-8-16(19-2)10-15(17)11-18/h3-10H,1,11-12,18H2,2H3. The Balaban J connectivity index is 2.16. The monoisotopic (exact) mass is 269 g/mol. The van der Waals surface area contributed by atoms with Crippen LogP contribution in [0.15, 0.2) is 49.0 Å². The van der Waals surface area contributed by atoms with Crippen molar-refractivity contribution in [3.8, 4) is 11.5 Å². The van der Waals surface area contributed by atoms with Gasteiger partial charge in [-0.05, 0) is 29.3 Å². The van der Waals surface area contributed by atoms with Crippen LogP contribution < -0.4 is 15.2 Å². The molecule has 0 amide bonds. The van der Waals surface area contributed by atoms with Gasteiger partial charge in [-0.1, -0.05) is 36.9 Å². The second-order valence-electron chi connectivity index (χ2n) is 4.37. The molecule has 0 atom stereocenters. The van der Waals surface area contributed by atoms with E-state index in [0.29, 0.717) is 13.2 Å². The average molecular weight is 269 g/mol. The fourth-order valence-electron chi connectivity index (χ4n) is 2.00. The molecular weight excluding hydrogens is 250 g/mol. The van der Waals surface area contributed by atoms with E-state index in [9.17, 15) is 0 Å². The van der Waals surface area contributed by atoms with E-state index < -0.39 is 0 Å². The molecule has 0 bridgehead atoms. The first-order valence-electron chi connectivity index (χ1n) is 6.48. The van der Waals surface area contributed by atoms with E-state index >= 15 is 0 Å². The lowest BCUT2D eigenvalue weighted by atomic mass is 10.1. The van der Waals surface area contributed by atoms with Gasteiger partial charge in [0.15, 0.2) is 0 Å². The molecule has 2 rings (SSSR count). The van der Waals surface area contributed by atoms with Gasteiger partial charge in [0.1, 0.15) is 18.1 Å². The van der Waals surface area contributed by atoms with Crippen molar-refractivity contribution in [3.63, 3.8) is 0 Å². The first-order valence-corrected chi connectivity index (χ1v) is 6.48. The maximum absolute atomic E-state index is 5.87. The summed E-state index contributed by atoms with van der Waals surface area (Å²) < 4.78 is 11.1. The van der Waals surface area contributed by atoms with Crippen molar-refractivity contribution in [2.75, 3.05) is 7.11 Å². The van der Waals surface area contributed by atoms with Crippen LogP contribution in [-0.2, 0) is 13.2 Å². The molecule has 0 aromatic heterocycles. The molecule has 0 spiro atoms. The molecule has 2 aromatic rings. The second kappa shape index (κ2) is 6.78. The Morgan fingerprint density at radius 3 is 2.65 bits per heavy atom. The van der Waals surface area contributed by atoms with Crippen LogP contribution in [0.5, 0.6) is 11.5 Å². The van der Waals surface area contributed by atoms with Gasteiger partial charge in [-0.3, -0.25) is 0 Å². The van der Waals surface area contributed by atoms with Crippen molar-refractivity contribution in [3.05, 3.63) is 65.7 Å². The molecule has 20 heavy (non-hydrogen) atoms. The van der Waals surface area contributed by atoms with E-state index in [0.717, 1.165) is 28.2 Å². The zero-order chi connectivity index (χ0) is 14.4. The van der Waals surface area contributed by atoms with Crippen molar-refractivity contribution in [1.29, 1.82) is 0 Å². The summed E-state index contributed by atoms with van der Waals surface area (Å²) in [4.78, 5) is 0. The average Bonchev–Trinajstić information content (AvgIpc) is 2.52. The Morgan fingerprint density at radius 2 is 1.95 bits per heavy atom. The predicted molar refractivity (Wildman–Crippen MR) is 81.8 cm³/mol. The molecule has 0 aliphatic rings. The lowest BCUT2D eigenvalue weighted by molar-refractivity contribution is 0.302. The fourth-order valence-corrected chi connectivity index (χ4v) is 2.00. The van der Waals surface area contributed by atoms with Crippen LogP contribution in [0.2, 0.25) is 0 Å². The first-order chi connectivity index (χ1) is 9.78. The van der Waals surface area contributed by atoms with Crippen molar-refractivity contribution in [1.82, 2.24) is 0 Å². The van der Waals surface area contributed by atoms with Crippen molar-refractivity contribution in [2.24, 2.45) is 5.73 Å². The Kier molecular flexibility index (Phi) is 4.80. The van der Waals surface area contributed by atoms with Crippen molar-refractivity contribution in [2.45, 2.75) is 13.2 Å². The normalized spacial score (nSPS) is 10.1. The van der Waals surface area contributed by atoms with Crippen molar-refractivity contribution < 1.29 is 9.47 Å². The number of nitrogens with two attached hydrogens (primary N) is 1. The lowest BCUT2D eigenvalue weighted by Gasteiger charge is -2.13. The Hall–Kier alpha value is -2.26. The van der Waals surface area contributed by atoms with Gasteiger partial charge < -0.3 is 15.2 Å². The van der Waals surface area contributed by atoms with E-state index in [-0.39, 0.29) is 0 Å². The van der Waals surface area contributed by atoms with Crippen LogP contribution in [0, 0.1) is 0 Å². The highest BCUT2D eigenvalue weighted by Crippen LogP contribution is 2.25. The Morgan fingerprint density at radius 1 is 1.15 bits per heavy atom. The summed E-state index contributed by atoms with van der Waals surface area (Å²) in [6, 6.07) is 13.7. The van der Waals surface area contributed by atoms with E-state index in [1.807, 2.05) is 48.5 Å². The summed E-state index contributed by atoms with van der Waals surface area (Å²) in [6.45, 7) is 4.71. The summed E-state index contributed by atoms with van der Waals surface area (Å²) in [6.07, 6.45) is 1.83. The molecule has 0 unspecified atom stereocenters. The van der Waals surface area contributed by atoms with Crippen LogP contribution >= 0.6 is 0 Å². The SMILES string of the molecule is C=Cc1ccccc1COc1ccc(OC)cc1CN. The molecule has 0 radical (unpaired) electrons. The van der Waals surface area contributed by atoms with Gasteiger partial charge >= 0.3 is 0 Å². The van der Waals surface area contributed by atoms with Crippen LogP contribution in [0.1, 0.15) is 16.7 Å².